The third-order valence-electron chi connectivity index (χ3n) is 3.42. The van der Waals surface area contributed by atoms with E-state index in [4.69, 9.17) is 9.84 Å². The van der Waals surface area contributed by atoms with Gasteiger partial charge < -0.3 is 9.84 Å². The lowest BCUT2D eigenvalue weighted by Crippen LogP contribution is -2.13. The molecule has 1 N–H and O–H groups in total. The molecule has 0 aliphatic carbocycles. The Kier molecular flexibility index (Phi) is 5.21. The molecular weight excluding hydrogens is 318 g/mol. The number of carboxylic acid groups (broad SMARTS) is 1. The van der Waals surface area contributed by atoms with Crippen LogP contribution in [0.15, 0.2) is 24.3 Å². The molecular formula is C17H20F2N2O3. The SMILES string of the molecule is CC(C)(C)CCn1nc(C(=O)O)cc1OCc1cc(F)ccc1F. The molecule has 1 heterocycles. The van der Waals surface area contributed by atoms with Crippen molar-refractivity contribution in [3.63, 3.8) is 0 Å². The number of rotatable bonds is 6. The van der Waals surface area contributed by atoms with E-state index >= 15 is 0 Å². The highest BCUT2D eigenvalue weighted by Gasteiger charge is 2.17. The van der Waals surface area contributed by atoms with Gasteiger partial charge in [0, 0.05) is 18.2 Å². The molecule has 0 aliphatic heterocycles. The van der Waals surface area contributed by atoms with Crippen molar-refractivity contribution in [1.82, 2.24) is 9.78 Å². The van der Waals surface area contributed by atoms with E-state index in [1.54, 1.807) is 0 Å². The van der Waals surface area contributed by atoms with Gasteiger partial charge in [-0.3, -0.25) is 0 Å². The van der Waals surface area contributed by atoms with Crippen LogP contribution in [0.3, 0.4) is 0 Å². The summed E-state index contributed by atoms with van der Waals surface area (Å²) in [5.74, 6) is -2.12. The predicted molar refractivity (Wildman–Crippen MR) is 83.9 cm³/mol. The zero-order chi connectivity index (χ0) is 17.9. The molecule has 0 bridgehead atoms. The third-order valence-corrected chi connectivity index (χ3v) is 3.42. The molecule has 130 valence electrons. The van der Waals surface area contributed by atoms with E-state index < -0.39 is 17.6 Å². The van der Waals surface area contributed by atoms with Gasteiger partial charge in [-0.25, -0.2) is 18.3 Å². The number of hydrogen-bond acceptors (Lipinski definition) is 3. The number of ether oxygens (including phenoxy) is 1. The molecule has 0 spiro atoms. The Labute approximate surface area is 138 Å². The van der Waals surface area contributed by atoms with Gasteiger partial charge in [-0.1, -0.05) is 20.8 Å². The Morgan fingerprint density at radius 3 is 2.62 bits per heavy atom. The van der Waals surface area contributed by atoms with Crippen molar-refractivity contribution in [2.75, 3.05) is 0 Å². The first-order valence-electron chi connectivity index (χ1n) is 7.53. The highest BCUT2D eigenvalue weighted by molar-refractivity contribution is 5.85. The number of carboxylic acids is 1. The Hall–Kier alpha value is -2.44. The fourth-order valence-electron chi connectivity index (χ4n) is 2.03. The second-order valence-electron chi connectivity index (χ2n) is 6.73. The molecule has 0 unspecified atom stereocenters. The van der Waals surface area contributed by atoms with Crippen LogP contribution in [-0.2, 0) is 13.2 Å². The van der Waals surface area contributed by atoms with Gasteiger partial charge in [0.05, 0.1) is 0 Å². The van der Waals surface area contributed by atoms with Gasteiger partial charge in [-0.15, -0.1) is 0 Å². The molecule has 0 radical (unpaired) electrons. The average molecular weight is 338 g/mol. The zero-order valence-corrected chi connectivity index (χ0v) is 13.8. The maximum Gasteiger partial charge on any atom is 0.356 e. The molecule has 0 saturated heterocycles. The number of aromatic carboxylic acids is 1. The zero-order valence-electron chi connectivity index (χ0n) is 13.8. The lowest BCUT2D eigenvalue weighted by molar-refractivity contribution is 0.0689. The molecule has 0 fully saturated rings. The van der Waals surface area contributed by atoms with Crippen molar-refractivity contribution in [2.24, 2.45) is 5.41 Å². The normalized spacial score (nSPS) is 11.5. The first-order valence-corrected chi connectivity index (χ1v) is 7.53. The number of hydrogen-bond donors (Lipinski definition) is 1. The minimum Gasteiger partial charge on any atom is -0.476 e. The number of benzene rings is 1. The molecule has 2 rings (SSSR count). The summed E-state index contributed by atoms with van der Waals surface area (Å²) in [7, 11) is 0. The third kappa shape index (κ3) is 4.78. The average Bonchev–Trinajstić information content (AvgIpc) is 2.89. The van der Waals surface area contributed by atoms with E-state index in [0.29, 0.717) is 6.54 Å². The van der Waals surface area contributed by atoms with Crippen LogP contribution in [0.25, 0.3) is 0 Å². The number of nitrogens with zero attached hydrogens (tertiary/aromatic N) is 2. The molecule has 1 aromatic heterocycles. The Morgan fingerprint density at radius 2 is 2.00 bits per heavy atom. The summed E-state index contributed by atoms with van der Waals surface area (Å²) in [4.78, 5) is 11.1. The van der Waals surface area contributed by atoms with Gasteiger partial charge >= 0.3 is 5.97 Å². The van der Waals surface area contributed by atoms with Gasteiger partial charge in [-0.2, -0.15) is 5.10 Å². The maximum atomic E-state index is 13.6. The van der Waals surface area contributed by atoms with Crippen molar-refractivity contribution >= 4 is 5.97 Å². The lowest BCUT2D eigenvalue weighted by Gasteiger charge is -2.18. The first-order chi connectivity index (χ1) is 11.2. The van der Waals surface area contributed by atoms with E-state index in [0.717, 1.165) is 24.6 Å². The number of carbonyl (C=O) groups is 1. The van der Waals surface area contributed by atoms with Gasteiger partial charge in [0.2, 0.25) is 5.88 Å². The second-order valence-corrected chi connectivity index (χ2v) is 6.73. The van der Waals surface area contributed by atoms with E-state index in [1.807, 2.05) is 0 Å². The van der Waals surface area contributed by atoms with Crippen LogP contribution >= 0.6 is 0 Å². The monoisotopic (exact) mass is 338 g/mol. The summed E-state index contributed by atoms with van der Waals surface area (Å²) in [5.41, 5.74) is -0.0737. The van der Waals surface area contributed by atoms with E-state index in [-0.39, 0.29) is 29.2 Å². The molecule has 0 atom stereocenters. The van der Waals surface area contributed by atoms with E-state index in [2.05, 4.69) is 25.9 Å². The largest absolute Gasteiger partial charge is 0.476 e. The fourth-order valence-corrected chi connectivity index (χ4v) is 2.03. The number of aryl methyl sites for hydroxylation is 1. The topological polar surface area (TPSA) is 64.4 Å². The minimum atomic E-state index is -1.17. The van der Waals surface area contributed by atoms with Gasteiger partial charge in [0.25, 0.3) is 0 Å². The fraction of sp³-hybridized carbons (Fsp3) is 0.412. The number of aromatic nitrogens is 2. The molecule has 0 amide bonds. The molecule has 24 heavy (non-hydrogen) atoms. The summed E-state index contributed by atoms with van der Waals surface area (Å²) in [6.07, 6.45) is 0.748. The summed E-state index contributed by atoms with van der Waals surface area (Å²) < 4.78 is 33.8. The molecule has 0 aliphatic rings. The lowest BCUT2D eigenvalue weighted by atomic mass is 9.92. The van der Waals surface area contributed by atoms with Crippen LogP contribution < -0.4 is 4.74 Å². The van der Waals surface area contributed by atoms with Crippen LogP contribution in [0.1, 0.15) is 43.2 Å². The summed E-state index contributed by atoms with van der Waals surface area (Å²) in [5, 5.41) is 13.1. The van der Waals surface area contributed by atoms with Gasteiger partial charge in [0.1, 0.15) is 18.2 Å². The van der Waals surface area contributed by atoms with Crippen LogP contribution in [-0.4, -0.2) is 20.9 Å². The Balaban J connectivity index is 2.18. The van der Waals surface area contributed by atoms with Gasteiger partial charge in [-0.05, 0) is 30.0 Å². The molecule has 0 saturated carbocycles. The molecule has 5 nitrogen and oxygen atoms in total. The van der Waals surface area contributed by atoms with Crippen LogP contribution in [0, 0.1) is 17.0 Å². The molecule has 2 aromatic rings. The van der Waals surface area contributed by atoms with Crippen LogP contribution in [0.5, 0.6) is 5.88 Å². The first kappa shape index (κ1) is 17.9. The molecule has 1 aromatic carbocycles. The quantitative estimate of drug-likeness (QED) is 0.868. The minimum absolute atomic E-state index is 0.0290. The van der Waals surface area contributed by atoms with Crippen molar-refractivity contribution in [3.05, 3.63) is 47.2 Å². The van der Waals surface area contributed by atoms with Crippen molar-refractivity contribution in [3.8, 4) is 5.88 Å². The van der Waals surface area contributed by atoms with Crippen molar-refractivity contribution < 1.29 is 23.4 Å². The molecule has 7 heteroatoms. The second kappa shape index (κ2) is 6.98. The standard InChI is InChI=1S/C17H20F2N2O3/c1-17(2,3)6-7-21-15(9-14(20-21)16(22)23)24-10-11-8-12(18)4-5-13(11)19/h4-5,8-9H,6-7,10H2,1-3H3,(H,22,23). The Morgan fingerprint density at radius 1 is 1.29 bits per heavy atom. The highest BCUT2D eigenvalue weighted by atomic mass is 19.1. The highest BCUT2D eigenvalue weighted by Crippen LogP contribution is 2.23. The maximum absolute atomic E-state index is 13.6. The van der Waals surface area contributed by atoms with Crippen molar-refractivity contribution in [1.29, 1.82) is 0 Å². The van der Waals surface area contributed by atoms with E-state index in [1.165, 1.54) is 10.7 Å². The summed E-state index contributed by atoms with van der Waals surface area (Å²) >= 11 is 0. The van der Waals surface area contributed by atoms with Crippen molar-refractivity contribution in [2.45, 2.75) is 40.3 Å². The predicted octanol–water partition coefficient (Wildman–Crippen LogP) is 3.87. The smallest absolute Gasteiger partial charge is 0.356 e. The van der Waals surface area contributed by atoms with Gasteiger partial charge in [0.15, 0.2) is 5.69 Å². The number of halogens is 2. The van der Waals surface area contributed by atoms with Crippen LogP contribution in [0.2, 0.25) is 0 Å². The van der Waals surface area contributed by atoms with E-state index in [9.17, 15) is 13.6 Å². The Bertz CT molecular complexity index is 736. The van der Waals surface area contributed by atoms with Crippen LogP contribution in [0.4, 0.5) is 8.78 Å². The summed E-state index contributed by atoms with van der Waals surface area (Å²) in [6.45, 7) is 6.40. The summed E-state index contributed by atoms with van der Waals surface area (Å²) in [6, 6.07) is 4.37.